The first-order chi connectivity index (χ1) is 6.72. The van der Waals surface area contributed by atoms with Crippen molar-refractivity contribution in [2.75, 3.05) is 6.54 Å². The van der Waals surface area contributed by atoms with Gasteiger partial charge in [-0.25, -0.2) is 4.39 Å². The van der Waals surface area contributed by atoms with E-state index >= 15 is 0 Å². The number of hydrogen-bond acceptors (Lipinski definition) is 1. The molecule has 0 fully saturated rings. The minimum Gasteiger partial charge on any atom is -0.312 e. The Balaban J connectivity index is 2.46. The molecule has 0 amide bonds. The molecule has 1 rings (SSSR count). The zero-order valence-corrected chi connectivity index (χ0v) is 9.48. The SMILES string of the molecule is C=CCCNCc1cc(F)cc(Br)c1. The molecule has 0 spiro atoms. The van der Waals surface area contributed by atoms with Crippen molar-refractivity contribution >= 4 is 15.9 Å². The summed E-state index contributed by atoms with van der Waals surface area (Å²) in [6.07, 6.45) is 2.78. The smallest absolute Gasteiger partial charge is 0.124 e. The normalized spacial score (nSPS) is 10.1. The molecular formula is C11H13BrFN. The van der Waals surface area contributed by atoms with Crippen LogP contribution >= 0.6 is 15.9 Å². The molecule has 0 radical (unpaired) electrons. The Morgan fingerprint density at radius 1 is 1.43 bits per heavy atom. The lowest BCUT2D eigenvalue weighted by Gasteiger charge is -2.04. The lowest BCUT2D eigenvalue weighted by Crippen LogP contribution is -2.14. The third-order valence-corrected chi connectivity index (χ3v) is 2.23. The van der Waals surface area contributed by atoms with Crippen molar-refractivity contribution in [1.29, 1.82) is 0 Å². The molecule has 1 aromatic rings. The fourth-order valence-electron chi connectivity index (χ4n) is 1.15. The monoisotopic (exact) mass is 257 g/mol. The molecule has 0 unspecified atom stereocenters. The van der Waals surface area contributed by atoms with E-state index in [-0.39, 0.29) is 5.82 Å². The Labute approximate surface area is 92.1 Å². The fraction of sp³-hybridized carbons (Fsp3) is 0.273. The highest BCUT2D eigenvalue weighted by Crippen LogP contribution is 2.14. The maximum atomic E-state index is 12.9. The van der Waals surface area contributed by atoms with Gasteiger partial charge in [-0.1, -0.05) is 22.0 Å². The molecule has 0 aliphatic heterocycles. The van der Waals surface area contributed by atoms with Crippen molar-refractivity contribution in [1.82, 2.24) is 5.32 Å². The summed E-state index contributed by atoms with van der Waals surface area (Å²) >= 11 is 3.25. The van der Waals surface area contributed by atoms with E-state index in [1.807, 2.05) is 12.1 Å². The van der Waals surface area contributed by atoms with Gasteiger partial charge in [-0.05, 0) is 36.7 Å². The summed E-state index contributed by atoms with van der Waals surface area (Å²) in [6.45, 7) is 5.18. The van der Waals surface area contributed by atoms with E-state index in [2.05, 4.69) is 27.8 Å². The molecule has 0 bridgehead atoms. The summed E-state index contributed by atoms with van der Waals surface area (Å²) in [5.41, 5.74) is 0.945. The van der Waals surface area contributed by atoms with Gasteiger partial charge in [-0.3, -0.25) is 0 Å². The van der Waals surface area contributed by atoms with Gasteiger partial charge in [0.15, 0.2) is 0 Å². The third kappa shape index (κ3) is 4.03. The molecule has 0 saturated carbocycles. The van der Waals surface area contributed by atoms with Gasteiger partial charge in [0.2, 0.25) is 0 Å². The second-order valence-corrected chi connectivity index (χ2v) is 3.95. The summed E-state index contributed by atoms with van der Waals surface area (Å²) in [7, 11) is 0. The highest BCUT2D eigenvalue weighted by Gasteiger charge is 1.97. The van der Waals surface area contributed by atoms with Crippen molar-refractivity contribution in [3.05, 3.63) is 46.7 Å². The second-order valence-electron chi connectivity index (χ2n) is 3.03. The van der Waals surface area contributed by atoms with Crippen LogP contribution < -0.4 is 5.32 Å². The van der Waals surface area contributed by atoms with Crippen molar-refractivity contribution in [3.8, 4) is 0 Å². The molecule has 14 heavy (non-hydrogen) atoms. The van der Waals surface area contributed by atoms with Crippen molar-refractivity contribution in [2.45, 2.75) is 13.0 Å². The van der Waals surface area contributed by atoms with Crippen LogP contribution in [0.4, 0.5) is 4.39 Å². The minimum atomic E-state index is -0.208. The van der Waals surface area contributed by atoms with Gasteiger partial charge in [-0.15, -0.1) is 6.58 Å². The Morgan fingerprint density at radius 3 is 2.86 bits per heavy atom. The molecule has 0 aliphatic carbocycles. The van der Waals surface area contributed by atoms with Crippen LogP contribution in [0.1, 0.15) is 12.0 Å². The van der Waals surface area contributed by atoms with E-state index in [0.717, 1.165) is 23.0 Å². The summed E-state index contributed by atoms with van der Waals surface area (Å²) in [6, 6.07) is 4.89. The van der Waals surface area contributed by atoms with Crippen LogP contribution in [0.25, 0.3) is 0 Å². The van der Waals surface area contributed by atoms with Crippen molar-refractivity contribution in [2.24, 2.45) is 0 Å². The van der Waals surface area contributed by atoms with Crippen LogP contribution in [-0.2, 0) is 6.54 Å². The average molecular weight is 258 g/mol. The zero-order chi connectivity index (χ0) is 10.4. The van der Waals surface area contributed by atoms with Crippen molar-refractivity contribution < 1.29 is 4.39 Å². The molecule has 3 heteroatoms. The first-order valence-corrected chi connectivity index (χ1v) is 5.28. The molecule has 76 valence electrons. The first kappa shape index (κ1) is 11.4. The van der Waals surface area contributed by atoms with E-state index < -0.39 is 0 Å². The van der Waals surface area contributed by atoms with E-state index in [1.54, 1.807) is 0 Å². The largest absolute Gasteiger partial charge is 0.312 e. The third-order valence-electron chi connectivity index (χ3n) is 1.78. The minimum absolute atomic E-state index is 0.208. The van der Waals surface area contributed by atoms with Crippen LogP contribution in [0.15, 0.2) is 35.3 Å². The Morgan fingerprint density at radius 2 is 2.21 bits per heavy atom. The van der Waals surface area contributed by atoms with Gasteiger partial charge in [0.1, 0.15) is 5.82 Å². The van der Waals surface area contributed by atoms with Gasteiger partial charge < -0.3 is 5.32 Å². The predicted octanol–water partition coefficient (Wildman–Crippen LogP) is 3.25. The summed E-state index contributed by atoms with van der Waals surface area (Å²) in [5.74, 6) is -0.208. The predicted molar refractivity (Wildman–Crippen MR) is 60.6 cm³/mol. The van der Waals surface area contributed by atoms with Gasteiger partial charge in [0.05, 0.1) is 0 Å². The number of halogens is 2. The number of hydrogen-bond donors (Lipinski definition) is 1. The van der Waals surface area contributed by atoms with Crippen LogP contribution in [0.3, 0.4) is 0 Å². The summed E-state index contributed by atoms with van der Waals surface area (Å²) < 4.78 is 13.7. The van der Waals surface area contributed by atoms with Crippen molar-refractivity contribution in [3.63, 3.8) is 0 Å². The molecule has 0 atom stereocenters. The van der Waals surface area contributed by atoms with Gasteiger partial charge >= 0.3 is 0 Å². The fourth-order valence-corrected chi connectivity index (χ4v) is 1.66. The number of nitrogens with one attached hydrogen (secondary N) is 1. The maximum Gasteiger partial charge on any atom is 0.124 e. The van der Waals surface area contributed by atoms with E-state index in [1.165, 1.54) is 12.1 Å². The summed E-state index contributed by atoms with van der Waals surface area (Å²) in [5, 5.41) is 3.20. The van der Waals surface area contributed by atoms with E-state index in [0.29, 0.717) is 6.54 Å². The molecule has 0 aromatic heterocycles. The van der Waals surface area contributed by atoms with Crippen LogP contribution in [0, 0.1) is 5.82 Å². The molecule has 1 N–H and O–H groups in total. The lowest BCUT2D eigenvalue weighted by atomic mass is 10.2. The lowest BCUT2D eigenvalue weighted by molar-refractivity contribution is 0.619. The van der Waals surface area contributed by atoms with Crippen LogP contribution in [0.5, 0.6) is 0 Å². The second kappa shape index (κ2) is 5.94. The van der Waals surface area contributed by atoms with Gasteiger partial charge in [0.25, 0.3) is 0 Å². The van der Waals surface area contributed by atoms with E-state index in [9.17, 15) is 4.39 Å². The van der Waals surface area contributed by atoms with Gasteiger partial charge in [0, 0.05) is 11.0 Å². The highest BCUT2D eigenvalue weighted by atomic mass is 79.9. The quantitative estimate of drug-likeness (QED) is 0.631. The Kier molecular flexibility index (Phi) is 4.84. The molecule has 0 heterocycles. The summed E-state index contributed by atoms with van der Waals surface area (Å²) in [4.78, 5) is 0. The molecule has 0 aliphatic rings. The molecule has 0 saturated heterocycles. The molecule has 1 nitrogen and oxygen atoms in total. The zero-order valence-electron chi connectivity index (χ0n) is 7.89. The van der Waals surface area contributed by atoms with Crippen LogP contribution in [-0.4, -0.2) is 6.54 Å². The number of rotatable bonds is 5. The number of benzene rings is 1. The standard InChI is InChI=1S/C11H13BrFN/c1-2-3-4-14-8-9-5-10(12)7-11(13)6-9/h2,5-7,14H,1,3-4,8H2. The van der Waals surface area contributed by atoms with Gasteiger partial charge in [-0.2, -0.15) is 0 Å². The molecule has 1 aromatic carbocycles. The van der Waals surface area contributed by atoms with Crippen LogP contribution in [0.2, 0.25) is 0 Å². The van der Waals surface area contributed by atoms with E-state index in [4.69, 9.17) is 0 Å². The Bertz CT molecular complexity index is 292. The maximum absolute atomic E-state index is 12.9. The average Bonchev–Trinajstić information content (AvgIpc) is 2.11. The highest BCUT2D eigenvalue weighted by molar-refractivity contribution is 9.10. The molecular weight excluding hydrogens is 245 g/mol. The first-order valence-electron chi connectivity index (χ1n) is 4.49. The Hall–Kier alpha value is -0.670. The topological polar surface area (TPSA) is 12.0 Å².